The van der Waals surface area contributed by atoms with E-state index in [9.17, 15) is 4.79 Å². The van der Waals surface area contributed by atoms with Gasteiger partial charge >= 0.3 is 0 Å². The molecule has 1 saturated heterocycles. The Morgan fingerprint density at radius 3 is 2.90 bits per heavy atom. The van der Waals surface area contributed by atoms with Gasteiger partial charge in [0.15, 0.2) is 5.82 Å². The maximum Gasteiger partial charge on any atom is 0.254 e. The second-order valence-electron chi connectivity index (χ2n) is 5.02. The molecule has 0 unspecified atom stereocenters. The minimum absolute atomic E-state index is 0.121. The van der Waals surface area contributed by atoms with Crippen molar-refractivity contribution >= 4 is 23.3 Å². The smallest absolute Gasteiger partial charge is 0.254 e. The zero-order chi connectivity index (χ0) is 14.7. The number of hydrogen-bond acceptors (Lipinski definition) is 3. The second-order valence-corrected chi connectivity index (χ2v) is 5.45. The van der Waals surface area contributed by atoms with E-state index in [2.05, 4.69) is 10.4 Å². The average Bonchev–Trinajstić information content (AvgIpc) is 3.13. The monoisotopic (exact) mass is 305 g/mol. The molecule has 1 fully saturated rings. The highest BCUT2D eigenvalue weighted by molar-refractivity contribution is 6.30. The molecule has 2 heterocycles. The molecule has 3 rings (SSSR count). The van der Waals surface area contributed by atoms with Gasteiger partial charge in [0.05, 0.1) is 6.54 Å². The van der Waals surface area contributed by atoms with E-state index in [1.54, 1.807) is 10.7 Å². The van der Waals surface area contributed by atoms with Crippen LogP contribution >= 0.6 is 11.6 Å². The topological polar surface area (TPSA) is 56.2 Å². The Balaban J connectivity index is 1.60. The van der Waals surface area contributed by atoms with Crippen molar-refractivity contribution in [3.63, 3.8) is 0 Å². The molecule has 21 heavy (non-hydrogen) atoms. The first-order valence-corrected chi connectivity index (χ1v) is 7.29. The Morgan fingerprint density at radius 1 is 1.38 bits per heavy atom. The minimum Gasteiger partial charge on any atom is -0.368 e. The van der Waals surface area contributed by atoms with Gasteiger partial charge in [0.1, 0.15) is 6.10 Å². The summed E-state index contributed by atoms with van der Waals surface area (Å²) in [6, 6.07) is 9.38. The van der Waals surface area contributed by atoms with E-state index in [1.165, 1.54) is 0 Å². The Bertz CT molecular complexity index is 618. The fraction of sp³-hybridized carbons (Fsp3) is 0.333. The highest BCUT2D eigenvalue weighted by Crippen LogP contribution is 2.15. The highest BCUT2D eigenvalue weighted by atomic mass is 35.5. The third-order valence-corrected chi connectivity index (χ3v) is 3.62. The zero-order valence-corrected chi connectivity index (χ0v) is 12.2. The number of nitrogens with one attached hydrogen (secondary N) is 1. The van der Waals surface area contributed by atoms with Gasteiger partial charge in [-0.25, -0.2) is 0 Å². The van der Waals surface area contributed by atoms with E-state index in [0.29, 0.717) is 24.0 Å². The molecule has 0 aliphatic carbocycles. The van der Waals surface area contributed by atoms with Crippen LogP contribution in [0.5, 0.6) is 0 Å². The molecule has 0 radical (unpaired) electrons. The standard InChI is InChI=1S/C15H16ClN3O2/c16-12-5-3-11(4-6-12)10-19-8-7-14(18-19)17-15(20)13-2-1-9-21-13/h3-8,13H,1-2,9-10H2,(H,17,18,20)/t13-/m1/s1. The van der Waals surface area contributed by atoms with Gasteiger partial charge in [-0.2, -0.15) is 5.10 Å². The van der Waals surface area contributed by atoms with Gasteiger partial charge in [-0.3, -0.25) is 9.48 Å². The van der Waals surface area contributed by atoms with Crippen molar-refractivity contribution < 1.29 is 9.53 Å². The Labute approximate surface area is 127 Å². The van der Waals surface area contributed by atoms with Crippen LogP contribution in [0, 0.1) is 0 Å². The lowest BCUT2D eigenvalue weighted by Crippen LogP contribution is -2.27. The summed E-state index contributed by atoms with van der Waals surface area (Å²) in [5.74, 6) is 0.425. The first-order chi connectivity index (χ1) is 10.2. The van der Waals surface area contributed by atoms with Crippen LogP contribution in [0.4, 0.5) is 5.82 Å². The molecular weight excluding hydrogens is 290 g/mol. The lowest BCUT2D eigenvalue weighted by atomic mass is 10.2. The van der Waals surface area contributed by atoms with E-state index in [1.807, 2.05) is 30.5 Å². The number of halogens is 1. The van der Waals surface area contributed by atoms with Crippen molar-refractivity contribution in [2.45, 2.75) is 25.5 Å². The van der Waals surface area contributed by atoms with E-state index in [0.717, 1.165) is 18.4 Å². The number of nitrogens with zero attached hydrogens (tertiary/aromatic N) is 2. The van der Waals surface area contributed by atoms with Crippen LogP contribution in [-0.4, -0.2) is 28.4 Å². The quantitative estimate of drug-likeness (QED) is 0.945. The number of benzene rings is 1. The van der Waals surface area contributed by atoms with Crippen LogP contribution in [0.2, 0.25) is 5.02 Å². The van der Waals surface area contributed by atoms with Crippen LogP contribution in [0.15, 0.2) is 36.5 Å². The Kier molecular flexibility index (Phi) is 4.22. The largest absolute Gasteiger partial charge is 0.368 e. The third kappa shape index (κ3) is 3.62. The normalized spacial score (nSPS) is 17.9. The molecule has 1 N–H and O–H groups in total. The van der Waals surface area contributed by atoms with E-state index < -0.39 is 0 Å². The van der Waals surface area contributed by atoms with Crippen LogP contribution in [0.3, 0.4) is 0 Å². The summed E-state index contributed by atoms with van der Waals surface area (Å²) in [6.07, 6.45) is 3.20. The molecule has 2 aromatic rings. The van der Waals surface area contributed by atoms with Crippen molar-refractivity contribution in [1.29, 1.82) is 0 Å². The van der Waals surface area contributed by atoms with Crippen molar-refractivity contribution in [3.05, 3.63) is 47.1 Å². The fourth-order valence-electron chi connectivity index (χ4n) is 2.28. The Morgan fingerprint density at radius 2 is 2.19 bits per heavy atom. The van der Waals surface area contributed by atoms with Crippen LogP contribution < -0.4 is 5.32 Å². The van der Waals surface area contributed by atoms with Gasteiger partial charge in [0, 0.05) is 23.9 Å². The summed E-state index contributed by atoms with van der Waals surface area (Å²) in [7, 11) is 0. The van der Waals surface area contributed by atoms with E-state index in [-0.39, 0.29) is 12.0 Å². The summed E-state index contributed by atoms with van der Waals surface area (Å²) in [6.45, 7) is 1.29. The molecule has 0 spiro atoms. The third-order valence-electron chi connectivity index (χ3n) is 3.37. The fourth-order valence-corrected chi connectivity index (χ4v) is 2.41. The van der Waals surface area contributed by atoms with Gasteiger partial charge in [-0.15, -0.1) is 0 Å². The molecule has 0 saturated carbocycles. The lowest BCUT2D eigenvalue weighted by molar-refractivity contribution is -0.124. The van der Waals surface area contributed by atoms with Crippen molar-refractivity contribution in [2.75, 3.05) is 11.9 Å². The summed E-state index contributed by atoms with van der Waals surface area (Å²) >= 11 is 5.86. The molecule has 6 heteroatoms. The molecule has 1 aromatic carbocycles. The molecule has 5 nitrogen and oxygen atoms in total. The first-order valence-electron chi connectivity index (χ1n) is 6.91. The predicted molar refractivity (Wildman–Crippen MR) is 80.4 cm³/mol. The van der Waals surface area contributed by atoms with Crippen molar-refractivity contribution in [1.82, 2.24) is 9.78 Å². The number of anilines is 1. The SMILES string of the molecule is O=C(Nc1ccn(Cc2ccc(Cl)cc2)n1)[C@H]1CCCO1. The van der Waals surface area contributed by atoms with Crippen LogP contribution in [0.1, 0.15) is 18.4 Å². The van der Waals surface area contributed by atoms with Crippen molar-refractivity contribution in [3.8, 4) is 0 Å². The summed E-state index contributed by atoms with van der Waals surface area (Å²) in [5.41, 5.74) is 1.10. The van der Waals surface area contributed by atoms with Crippen LogP contribution in [-0.2, 0) is 16.1 Å². The molecule has 1 aliphatic heterocycles. The van der Waals surface area contributed by atoms with E-state index in [4.69, 9.17) is 16.3 Å². The number of rotatable bonds is 4. The number of carbonyl (C=O) groups excluding carboxylic acids is 1. The molecule has 1 atom stereocenters. The molecule has 0 bridgehead atoms. The Hall–Kier alpha value is -1.85. The summed E-state index contributed by atoms with van der Waals surface area (Å²) < 4.78 is 7.11. The first kappa shape index (κ1) is 14.1. The summed E-state index contributed by atoms with van der Waals surface area (Å²) in [4.78, 5) is 11.9. The summed E-state index contributed by atoms with van der Waals surface area (Å²) in [5, 5.41) is 7.83. The molecule has 1 amide bonds. The van der Waals surface area contributed by atoms with Gasteiger partial charge < -0.3 is 10.1 Å². The van der Waals surface area contributed by atoms with Gasteiger partial charge in [-0.1, -0.05) is 23.7 Å². The van der Waals surface area contributed by atoms with E-state index >= 15 is 0 Å². The number of hydrogen-bond donors (Lipinski definition) is 1. The highest BCUT2D eigenvalue weighted by Gasteiger charge is 2.23. The number of carbonyl (C=O) groups is 1. The maximum absolute atomic E-state index is 11.9. The molecule has 110 valence electrons. The number of ether oxygens (including phenoxy) is 1. The molecule has 1 aliphatic rings. The minimum atomic E-state index is -0.341. The van der Waals surface area contributed by atoms with Crippen LogP contribution in [0.25, 0.3) is 0 Å². The maximum atomic E-state index is 11.9. The lowest BCUT2D eigenvalue weighted by Gasteiger charge is -2.08. The predicted octanol–water partition coefficient (Wildman–Crippen LogP) is 2.70. The van der Waals surface area contributed by atoms with Gasteiger partial charge in [0.2, 0.25) is 0 Å². The van der Waals surface area contributed by atoms with Gasteiger partial charge in [0.25, 0.3) is 5.91 Å². The van der Waals surface area contributed by atoms with Crippen molar-refractivity contribution in [2.24, 2.45) is 0 Å². The van der Waals surface area contributed by atoms with Gasteiger partial charge in [-0.05, 0) is 30.5 Å². The molecular formula is C15H16ClN3O2. The number of amides is 1. The number of aromatic nitrogens is 2. The zero-order valence-electron chi connectivity index (χ0n) is 11.5. The average molecular weight is 306 g/mol. The molecule has 1 aromatic heterocycles. The second kappa shape index (κ2) is 6.28.